The second-order valence-corrected chi connectivity index (χ2v) is 8.06. The molecule has 178 valence electrons. The maximum Gasteiger partial charge on any atom is 0.471 e. The molecule has 1 fully saturated rings. The van der Waals surface area contributed by atoms with Crippen molar-refractivity contribution < 1.29 is 27.4 Å². The van der Waals surface area contributed by atoms with Crippen molar-refractivity contribution in [3.05, 3.63) is 65.7 Å². The number of ether oxygens (including phenoxy) is 2. The SMILES string of the molecule is COc1ccc(N(C)C(=O)C(F)(F)F)cc1C1=CC2(CCCNC2c2ccccc2)OC1.Cl. The molecule has 2 unspecified atom stereocenters. The number of halogens is 4. The molecule has 33 heavy (non-hydrogen) atoms. The van der Waals surface area contributed by atoms with Crippen LogP contribution in [0.1, 0.15) is 30.0 Å². The Morgan fingerprint density at radius 1 is 1.21 bits per heavy atom. The number of piperidine rings is 1. The van der Waals surface area contributed by atoms with Crippen molar-refractivity contribution in [2.45, 2.75) is 30.7 Å². The highest BCUT2D eigenvalue weighted by molar-refractivity contribution is 5.97. The van der Waals surface area contributed by atoms with E-state index in [1.54, 1.807) is 12.1 Å². The second kappa shape index (κ2) is 9.75. The van der Waals surface area contributed by atoms with Crippen LogP contribution < -0.4 is 15.0 Å². The number of carbonyl (C=O) groups is 1. The molecule has 0 aromatic heterocycles. The van der Waals surface area contributed by atoms with Crippen molar-refractivity contribution in [2.24, 2.45) is 0 Å². The minimum Gasteiger partial charge on any atom is -0.496 e. The first kappa shape index (κ1) is 25.1. The predicted octanol–water partition coefficient (Wildman–Crippen LogP) is 4.92. The van der Waals surface area contributed by atoms with Crippen molar-refractivity contribution in [1.29, 1.82) is 0 Å². The smallest absolute Gasteiger partial charge is 0.471 e. The second-order valence-electron chi connectivity index (χ2n) is 8.06. The van der Waals surface area contributed by atoms with Crippen molar-refractivity contribution in [3.8, 4) is 5.75 Å². The summed E-state index contributed by atoms with van der Waals surface area (Å²) >= 11 is 0. The monoisotopic (exact) mass is 482 g/mol. The summed E-state index contributed by atoms with van der Waals surface area (Å²) in [6.45, 7) is 1.17. The number of nitrogens with one attached hydrogen (secondary N) is 1. The number of nitrogens with zero attached hydrogens (tertiary/aromatic N) is 1. The van der Waals surface area contributed by atoms with Gasteiger partial charge < -0.3 is 19.7 Å². The Hall–Kier alpha value is -2.55. The fourth-order valence-electron chi connectivity index (χ4n) is 4.49. The topological polar surface area (TPSA) is 50.8 Å². The summed E-state index contributed by atoms with van der Waals surface area (Å²) in [6.07, 6.45) is -1.14. The Bertz CT molecular complexity index is 1030. The third-order valence-corrected chi connectivity index (χ3v) is 6.09. The molecule has 2 atom stereocenters. The van der Waals surface area contributed by atoms with E-state index < -0.39 is 17.7 Å². The summed E-state index contributed by atoms with van der Waals surface area (Å²) in [5.74, 6) is -1.42. The molecule has 0 bridgehead atoms. The van der Waals surface area contributed by atoms with Crippen molar-refractivity contribution in [1.82, 2.24) is 5.32 Å². The van der Waals surface area contributed by atoms with Crippen LogP contribution in [-0.2, 0) is 9.53 Å². The Morgan fingerprint density at radius 3 is 2.61 bits per heavy atom. The van der Waals surface area contributed by atoms with Gasteiger partial charge in [-0.1, -0.05) is 30.3 Å². The number of alkyl halides is 3. The Balaban J connectivity index is 0.00000306. The molecule has 0 aliphatic carbocycles. The molecule has 2 aliphatic rings. The Kier molecular flexibility index (Phi) is 7.41. The molecule has 1 amide bonds. The number of amides is 1. The van der Waals surface area contributed by atoms with E-state index >= 15 is 0 Å². The predicted molar refractivity (Wildman–Crippen MR) is 123 cm³/mol. The number of anilines is 1. The lowest BCUT2D eigenvalue weighted by atomic mass is 9.81. The lowest BCUT2D eigenvalue weighted by Crippen LogP contribution is -2.47. The van der Waals surface area contributed by atoms with Gasteiger partial charge in [0.1, 0.15) is 11.4 Å². The molecule has 2 heterocycles. The van der Waals surface area contributed by atoms with Crippen molar-refractivity contribution >= 4 is 29.6 Å². The fraction of sp³-hybridized carbons (Fsp3) is 0.375. The van der Waals surface area contributed by atoms with Gasteiger partial charge in [-0.2, -0.15) is 13.2 Å². The first-order valence-corrected chi connectivity index (χ1v) is 10.4. The first-order chi connectivity index (χ1) is 15.2. The maximum atomic E-state index is 12.9. The summed E-state index contributed by atoms with van der Waals surface area (Å²) in [4.78, 5) is 12.3. The van der Waals surface area contributed by atoms with E-state index in [9.17, 15) is 18.0 Å². The van der Waals surface area contributed by atoms with Gasteiger partial charge in [0.15, 0.2) is 0 Å². The van der Waals surface area contributed by atoms with Crippen LogP contribution in [0.15, 0.2) is 54.6 Å². The van der Waals surface area contributed by atoms with Crippen LogP contribution in [0.25, 0.3) is 5.57 Å². The Morgan fingerprint density at radius 2 is 1.94 bits per heavy atom. The molecule has 1 N–H and O–H groups in total. The minimum absolute atomic E-state index is 0. The van der Waals surface area contributed by atoms with E-state index in [-0.39, 0.29) is 24.1 Å². The molecule has 4 rings (SSSR count). The summed E-state index contributed by atoms with van der Waals surface area (Å²) in [7, 11) is 2.61. The first-order valence-electron chi connectivity index (χ1n) is 10.4. The summed E-state index contributed by atoms with van der Waals surface area (Å²) in [5.41, 5.74) is 2.11. The number of hydrogen-bond acceptors (Lipinski definition) is 4. The molecular weight excluding hydrogens is 457 g/mol. The fourth-order valence-corrected chi connectivity index (χ4v) is 4.49. The molecule has 9 heteroatoms. The third kappa shape index (κ3) is 4.88. The summed E-state index contributed by atoms with van der Waals surface area (Å²) < 4.78 is 50.6. The van der Waals surface area contributed by atoms with Gasteiger partial charge in [-0.05, 0) is 54.8 Å². The molecule has 1 saturated heterocycles. The number of benzene rings is 2. The molecule has 0 saturated carbocycles. The van der Waals surface area contributed by atoms with Gasteiger partial charge >= 0.3 is 12.1 Å². The molecular formula is C24H26ClF3N2O3. The van der Waals surface area contributed by atoms with Crippen LogP contribution >= 0.6 is 12.4 Å². The van der Waals surface area contributed by atoms with E-state index in [2.05, 4.69) is 23.5 Å². The van der Waals surface area contributed by atoms with E-state index in [1.807, 2.05) is 18.2 Å². The molecule has 0 radical (unpaired) electrons. The van der Waals surface area contributed by atoms with E-state index in [1.165, 1.54) is 13.2 Å². The van der Waals surface area contributed by atoms with Crippen LogP contribution in [0.3, 0.4) is 0 Å². The highest BCUT2D eigenvalue weighted by Crippen LogP contribution is 2.45. The molecule has 2 aliphatic heterocycles. The number of rotatable bonds is 4. The summed E-state index contributed by atoms with van der Waals surface area (Å²) in [5, 5.41) is 3.55. The molecule has 2 aromatic rings. The Labute approximate surface area is 197 Å². The average molecular weight is 483 g/mol. The minimum atomic E-state index is -4.95. The normalized spacial score (nSPS) is 22.5. The zero-order valence-electron chi connectivity index (χ0n) is 18.3. The van der Waals surface area contributed by atoms with Crippen LogP contribution in [0, 0.1) is 0 Å². The van der Waals surface area contributed by atoms with Gasteiger partial charge in [0.05, 0.1) is 19.8 Å². The molecule has 2 aromatic carbocycles. The maximum absolute atomic E-state index is 12.9. The third-order valence-electron chi connectivity index (χ3n) is 6.09. The quantitative estimate of drug-likeness (QED) is 0.672. The number of methoxy groups -OCH3 is 1. The number of carbonyl (C=O) groups excluding carboxylic acids is 1. The van der Waals surface area contributed by atoms with Gasteiger partial charge in [-0.25, -0.2) is 0 Å². The highest BCUT2D eigenvalue weighted by atomic mass is 35.5. The van der Waals surface area contributed by atoms with Crippen LogP contribution in [0.4, 0.5) is 18.9 Å². The van der Waals surface area contributed by atoms with E-state index in [0.717, 1.165) is 37.6 Å². The van der Waals surface area contributed by atoms with Gasteiger partial charge in [0.2, 0.25) is 0 Å². The van der Waals surface area contributed by atoms with Gasteiger partial charge in [-0.15, -0.1) is 12.4 Å². The largest absolute Gasteiger partial charge is 0.496 e. The summed E-state index contributed by atoms with van der Waals surface area (Å²) in [6, 6.07) is 14.6. The standard InChI is InChI=1S/C24H25F3N2O3.ClH/c1-29(22(30)24(25,26)27)18-9-10-20(31-2)19(13-18)17-14-23(32-15-17)11-6-12-28-21(23)16-7-4-3-5-8-16;/h3-5,7-10,13-14,21,28H,6,11-12,15H2,1-2H3;1H. The van der Waals surface area contributed by atoms with Crippen LogP contribution in [0.5, 0.6) is 5.75 Å². The zero-order valence-corrected chi connectivity index (χ0v) is 19.1. The molecule has 1 spiro atoms. The van der Waals surface area contributed by atoms with Crippen LogP contribution in [0.2, 0.25) is 0 Å². The zero-order chi connectivity index (χ0) is 22.9. The average Bonchev–Trinajstić information content (AvgIpc) is 3.21. The number of hydrogen-bond donors (Lipinski definition) is 1. The van der Waals surface area contributed by atoms with Gasteiger partial charge in [0, 0.05) is 18.3 Å². The van der Waals surface area contributed by atoms with E-state index in [4.69, 9.17) is 9.47 Å². The molecule has 5 nitrogen and oxygen atoms in total. The van der Waals surface area contributed by atoms with Gasteiger partial charge in [-0.3, -0.25) is 4.79 Å². The lowest BCUT2D eigenvalue weighted by molar-refractivity contribution is -0.170. The van der Waals surface area contributed by atoms with Crippen LogP contribution in [-0.4, -0.2) is 45.0 Å². The lowest BCUT2D eigenvalue weighted by Gasteiger charge is -2.40. The highest BCUT2D eigenvalue weighted by Gasteiger charge is 2.45. The van der Waals surface area contributed by atoms with Crippen molar-refractivity contribution in [2.75, 3.05) is 32.2 Å². The van der Waals surface area contributed by atoms with Crippen molar-refractivity contribution in [3.63, 3.8) is 0 Å². The van der Waals surface area contributed by atoms with Gasteiger partial charge in [0.25, 0.3) is 0 Å². The van der Waals surface area contributed by atoms with E-state index in [0.29, 0.717) is 22.8 Å².